The summed E-state index contributed by atoms with van der Waals surface area (Å²) in [5, 5.41) is 2.82. The van der Waals surface area contributed by atoms with Crippen LogP contribution in [0.1, 0.15) is 39.0 Å². The predicted molar refractivity (Wildman–Crippen MR) is 56.3 cm³/mol. The van der Waals surface area contributed by atoms with Crippen molar-refractivity contribution in [2.24, 2.45) is 5.92 Å². The molecule has 0 aromatic carbocycles. The van der Waals surface area contributed by atoms with Crippen molar-refractivity contribution >= 4 is 11.9 Å². The highest BCUT2D eigenvalue weighted by Crippen LogP contribution is 2.25. The molecule has 1 atom stereocenters. The molecule has 1 saturated heterocycles. The summed E-state index contributed by atoms with van der Waals surface area (Å²) in [5.74, 6) is 0.261. The lowest BCUT2D eigenvalue weighted by atomic mass is 10.1. The van der Waals surface area contributed by atoms with Crippen molar-refractivity contribution in [3.05, 3.63) is 0 Å². The number of urea groups is 1. The lowest BCUT2D eigenvalue weighted by molar-refractivity contribution is -0.130. The van der Waals surface area contributed by atoms with Crippen LogP contribution in [0.4, 0.5) is 4.79 Å². The van der Waals surface area contributed by atoms with E-state index in [1.807, 2.05) is 6.92 Å². The lowest BCUT2D eigenvalue weighted by Crippen LogP contribution is -2.46. The fourth-order valence-corrected chi connectivity index (χ4v) is 2.46. The number of carbonyl (C=O) groups excluding carboxylic acids is 2. The van der Waals surface area contributed by atoms with E-state index < -0.39 is 0 Å². The van der Waals surface area contributed by atoms with Crippen LogP contribution in [0, 0.1) is 5.92 Å². The molecule has 1 heterocycles. The molecule has 0 bridgehead atoms. The second-order valence-corrected chi connectivity index (χ2v) is 4.70. The third kappa shape index (κ3) is 2.13. The largest absolute Gasteiger partial charge is 0.337 e. The summed E-state index contributed by atoms with van der Waals surface area (Å²) in [6.45, 7) is 2.62. The van der Waals surface area contributed by atoms with Gasteiger partial charge in [-0.1, -0.05) is 19.8 Å². The molecule has 1 N–H and O–H groups in total. The SMILES string of the molecule is CC1CNC(=O)N(C2CCCC2)C(=O)C1. The average molecular weight is 210 g/mol. The van der Waals surface area contributed by atoms with Crippen LogP contribution < -0.4 is 5.32 Å². The Labute approximate surface area is 90.0 Å². The number of hydrogen-bond donors (Lipinski definition) is 1. The van der Waals surface area contributed by atoms with E-state index in [1.165, 1.54) is 4.90 Å². The molecule has 0 radical (unpaired) electrons. The topological polar surface area (TPSA) is 49.4 Å². The van der Waals surface area contributed by atoms with Gasteiger partial charge in [0.25, 0.3) is 0 Å². The van der Waals surface area contributed by atoms with E-state index in [9.17, 15) is 9.59 Å². The van der Waals surface area contributed by atoms with Crippen molar-refractivity contribution in [1.82, 2.24) is 10.2 Å². The lowest BCUT2D eigenvalue weighted by Gasteiger charge is -2.25. The Kier molecular flexibility index (Phi) is 2.93. The van der Waals surface area contributed by atoms with E-state index in [1.54, 1.807) is 0 Å². The number of carbonyl (C=O) groups is 2. The molecular formula is C11H18N2O2. The molecule has 1 aliphatic heterocycles. The van der Waals surface area contributed by atoms with Gasteiger partial charge in [0, 0.05) is 19.0 Å². The normalized spacial score (nSPS) is 29.1. The third-order valence-corrected chi connectivity index (χ3v) is 3.30. The first-order valence-corrected chi connectivity index (χ1v) is 5.78. The van der Waals surface area contributed by atoms with Gasteiger partial charge in [0.05, 0.1) is 0 Å². The molecule has 1 saturated carbocycles. The van der Waals surface area contributed by atoms with E-state index in [2.05, 4.69) is 5.32 Å². The summed E-state index contributed by atoms with van der Waals surface area (Å²) >= 11 is 0. The minimum absolute atomic E-state index is 0.00407. The van der Waals surface area contributed by atoms with Gasteiger partial charge in [-0.05, 0) is 18.8 Å². The molecule has 1 unspecified atom stereocenters. The maximum absolute atomic E-state index is 11.9. The van der Waals surface area contributed by atoms with Crippen LogP contribution in [0.2, 0.25) is 0 Å². The van der Waals surface area contributed by atoms with Crippen molar-refractivity contribution in [2.45, 2.75) is 45.1 Å². The smallest absolute Gasteiger partial charge is 0.324 e. The molecule has 3 amide bonds. The number of amides is 3. The van der Waals surface area contributed by atoms with Gasteiger partial charge in [0.2, 0.25) is 5.91 Å². The summed E-state index contributed by atoms with van der Waals surface area (Å²) < 4.78 is 0. The summed E-state index contributed by atoms with van der Waals surface area (Å²) in [7, 11) is 0. The molecule has 0 aromatic rings. The number of rotatable bonds is 1. The van der Waals surface area contributed by atoms with Gasteiger partial charge in [-0.15, -0.1) is 0 Å². The van der Waals surface area contributed by atoms with Crippen LogP contribution >= 0.6 is 0 Å². The van der Waals surface area contributed by atoms with Crippen LogP contribution in [-0.2, 0) is 4.79 Å². The highest BCUT2D eigenvalue weighted by atomic mass is 16.2. The minimum Gasteiger partial charge on any atom is -0.337 e. The molecule has 2 rings (SSSR count). The molecule has 4 heteroatoms. The standard InChI is InChI=1S/C11H18N2O2/c1-8-6-10(14)13(11(15)12-7-8)9-4-2-3-5-9/h8-9H,2-7H2,1H3,(H,12,15). The zero-order chi connectivity index (χ0) is 10.8. The molecule has 1 aliphatic carbocycles. The summed E-state index contributed by atoms with van der Waals surface area (Å²) in [6, 6.07) is -0.0287. The number of nitrogens with one attached hydrogen (secondary N) is 1. The van der Waals surface area contributed by atoms with Crippen LogP contribution in [0.15, 0.2) is 0 Å². The Hall–Kier alpha value is -1.06. The second-order valence-electron chi connectivity index (χ2n) is 4.70. The van der Waals surface area contributed by atoms with Gasteiger partial charge in [-0.3, -0.25) is 9.69 Å². The first-order valence-electron chi connectivity index (χ1n) is 5.78. The monoisotopic (exact) mass is 210 g/mol. The zero-order valence-corrected chi connectivity index (χ0v) is 9.16. The first-order chi connectivity index (χ1) is 7.18. The van der Waals surface area contributed by atoms with Crippen molar-refractivity contribution in [2.75, 3.05) is 6.54 Å². The van der Waals surface area contributed by atoms with Gasteiger partial charge >= 0.3 is 6.03 Å². The first kappa shape index (κ1) is 10.5. The van der Waals surface area contributed by atoms with Crippen LogP contribution in [0.25, 0.3) is 0 Å². The van der Waals surface area contributed by atoms with E-state index in [4.69, 9.17) is 0 Å². The molecule has 84 valence electrons. The summed E-state index contributed by atoms with van der Waals surface area (Å²) in [6.07, 6.45) is 4.73. The zero-order valence-electron chi connectivity index (χ0n) is 9.16. The minimum atomic E-state index is -0.184. The van der Waals surface area contributed by atoms with Crippen molar-refractivity contribution in [3.8, 4) is 0 Å². The van der Waals surface area contributed by atoms with Crippen molar-refractivity contribution in [1.29, 1.82) is 0 Å². The van der Waals surface area contributed by atoms with E-state index in [0.29, 0.717) is 13.0 Å². The highest BCUT2D eigenvalue weighted by molar-refractivity contribution is 5.95. The molecule has 0 spiro atoms. The molecular weight excluding hydrogens is 192 g/mol. The quantitative estimate of drug-likeness (QED) is 0.713. The Bertz CT molecular complexity index is 272. The van der Waals surface area contributed by atoms with Crippen LogP contribution in [0.3, 0.4) is 0 Å². The van der Waals surface area contributed by atoms with E-state index in [0.717, 1.165) is 25.7 Å². The predicted octanol–water partition coefficient (Wildman–Crippen LogP) is 1.51. The van der Waals surface area contributed by atoms with Gasteiger partial charge < -0.3 is 5.32 Å². The van der Waals surface area contributed by atoms with E-state index >= 15 is 0 Å². The van der Waals surface area contributed by atoms with Crippen molar-refractivity contribution < 1.29 is 9.59 Å². The maximum atomic E-state index is 11.9. The Balaban J connectivity index is 2.12. The molecule has 2 fully saturated rings. The Morgan fingerprint density at radius 2 is 1.93 bits per heavy atom. The molecule has 0 aromatic heterocycles. The van der Waals surface area contributed by atoms with E-state index in [-0.39, 0.29) is 23.9 Å². The molecule has 2 aliphatic rings. The van der Waals surface area contributed by atoms with Gasteiger partial charge in [0.15, 0.2) is 0 Å². The average Bonchev–Trinajstić information content (AvgIpc) is 2.64. The number of hydrogen-bond acceptors (Lipinski definition) is 2. The van der Waals surface area contributed by atoms with Gasteiger partial charge in [-0.2, -0.15) is 0 Å². The number of nitrogens with zero attached hydrogens (tertiary/aromatic N) is 1. The van der Waals surface area contributed by atoms with Gasteiger partial charge in [-0.25, -0.2) is 4.79 Å². The van der Waals surface area contributed by atoms with Gasteiger partial charge in [0.1, 0.15) is 0 Å². The van der Waals surface area contributed by atoms with Crippen molar-refractivity contribution in [3.63, 3.8) is 0 Å². The Morgan fingerprint density at radius 3 is 2.60 bits per heavy atom. The fourth-order valence-electron chi connectivity index (χ4n) is 2.46. The maximum Gasteiger partial charge on any atom is 0.324 e. The summed E-state index contributed by atoms with van der Waals surface area (Å²) in [4.78, 5) is 25.1. The van der Waals surface area contributed by atoms with Crippen LogP contribution in [0.5, 0.6) is 0 Å². The molecule has 15 heavy (non-hydrogen) atoms. The highest BCUT2D eigenvalue weighted by Gasteiger charge is 2.34. The van der Waals surface area contributed by atoms with Crippen LogP contribution in [-0.4, -0.2) is 29.4 Å². The number of imide groups is 1. The Morgan fingerprint density at radius 1 is 1.27 bits per heavy atom. The molecule has 4 nitrogen and oxygen atoms in total. The summed E-state index contributed by atoms with van der Waals surface area (Å²) in [5.41, 5.74) is 0. The fraction of sp³-hybridized carbons (Fsp3) is 0.818. The second kappa shape index (κ2) is 4.21. The third-order valence-electron chi connectivity index (χ3n) is 3.30.